The van der Waals surface area contributed by atoms with Crippen LogP contribution < -0.4 is 11.1 Å². The van der Waals surface area contributed by atoms with Crippen molar-refractivity contribution in [3.63, 3.8) is 0 Å². The van der Waals surface area contributed by atoms with E-state index in [2.05, 4.69) is 43.2 Å². The fourth-order valence-corrected chi connectivity index (χ4v) is 2.59. The Kier molecular flexibility index (Phi) is 4.80. The van der Waals surface area contributed by atoms with Gasteiger partial charge in [0.25, 0.3) is 0 Å². The largest absolute Gasteiger partial charge is 0.377 e. The summed E-state index contributed by atoms with van der Waals surface area (Å²) in [5.41, 5.74) is 8.09. The summed E-state index contributed by atoms with van der Waals surface area (Å²) in [7, 11) is 0. The highest BCUT2D eigenvalue weighted by Crippen LogP contribution is 2.26. The molecule has 3 N–H and O–H groups in total. The van der Waals surface area contributed by atoms with Gasteiger partial charge in [0.05, 0.1) is 6.04 Å². The smallest absolute Gasteiger partial charge is 0.0647 e. The summed E-state index contributed by atoms with van der Waals surface area (Å²) < 4.78 is 2.14. The lowest BCUT2D eigenvalue weighted by Crippen LogP contribution is -2.20. The van der Waals surface area contributed by atoms with Crippen LogP contribution in [0.5, 0.6) is 0 Å². The van der Waals surface area contributed by atoms with Gasteiger partial charge in [-0.05, 0) is 35.9 Å². The molecule has 1 unspecified atom stereocenters. The molecule has 0 saturated heterocycles. The first-order chi connectivity index (χ1) is 8.70. The van der Waals surface area contributed by atoms with E-state index in [0.29, 0.717) is 6.54 Å². The molecule has 0 aliphatic rings. The summed E-state index contributed by atoms with van der Waals surface area (Å²) >= 11 is 6.98. The van der Waals surface area contributed by atoms with Crippen molar-refractivity contribution in [2.24, 2.45) is 5.73 Å². The normalized spacial score (nSPS) is 12.2. The third-order valence-corrected chi connectivity index (χ3v) is 3.95. The molecule has 2 nitrogen and oxygen atoms in total. The second kappa shape index (κ2) is 6.36. The minimum atomic E-state index is 0.0988. The molecular formula is C14H14Br2N2. The van der Waals surface area contributed by atoms with Crippen LogP contribution in [-0.4, -0.2) is 6.54 Å². The van der Waals surface area contributed by atoms with E-state index in [9.17, 15) is 0 Å². The molecule has 0 aliphatic carbocycles. The van der Waals surface area contributed by atoms with Crippen LogP contribution in [0.25, 0.3) is 0 Å². The molecule has 0 spiro atoms. The van der Waals surface area contributed by atoms with Crippen LogP contribution in [0.2, 0.25) is 0 Å². The van der Waals surface area contributed by atoms with Crippen molar-refractivity contribution in [2.45, 2.75) is 6.04 Å². The Hall–Kier alpha value is -0.840. The summed E-state index contributed by atoms with van der Waals surface area (Å²) in [5, 5.41) is 3.44. The van der Waals surface area contributed by atoms with Gasteiger partial charge in [-0.1, -0.05) is 50.1 Å². The molecule has 2 aromatic carbocycles. The standard InChI is InChI=1S/C14H14Br2N2/c15-10-5-7-11(8-6-10)18-14(9-17)12-3-1-2-4-13(12)16/h1-8,14,18H,9,17H2. The van der Waals surface area contributed by atoms with Crippen molar-refractivity contribution < 1.29 is 0 Å². The number of nitrogens with one attached hydrogen (secondary N) is 1. The molecule has 0 aliphatic heterocycles. The first kappa shape index (κ1) is 13.6. The second-order valence-corrected chi connectivity index (χ2v) is 5.73. The number of hydrogen-bond donors (Lipinski definition) is 2. The monoisotopic (exact) mass is 368 g/mol. The van der Waals surface area contributed by atoms with E-state index < -0.39 is 0 Å². The van der Waals surface area contributed by atoms with Crippen LogP contribution in [0.1, 0.15) is 11.6 Å². The van der Waals surface area contributed by atoms with E-state index in [-0.39, 0.29) is 6.04 Å². The molecule has 0 amide bonds. The highest BCUT2D eigenvalue weighted by molar-refractivity contribution is 9.10. The number of nitrogens with two attached hydrogens (primary N) is 1. The van der Waals surface area contributed by atoms with Crippen LogP contribution in [0.3, 0.4) is 0 Å². The highest BCUT2D eigenvalue weighted by Gasteiger charge is 2.12. The Morgan fingerprint density at radius 1 is 1.00 bits per heavy atom. The van der Waals surface area contributed by atoms with Gasteiger partial charge in [-0.15, -0.1) is 0 Å². The molecule has 2 aromatic rings. The molecule has 0 bridgehead atoms. The number of anilines is 1. The number of benzene rings is 2. The van der Waals surface area contributed by atoms with Gasteiger partial charge in [-0.3, -0.25) is 0 Å². The SMILES string of the molecule is NCC(Nc1ccc(Br)cc1)c1ccccc1Br. The Balaban J connectivity index is 2.20. The van der Waals surface area contributed by atoms with Gasteiger partial charge in [0.15, 0.2) is 0 Å². The number of rotatable bonds is 4. The van der Waals surface area contributed by atoms with Crippen LogP contribution in [0, 0.1) is 0 Å². The van der Waals surface area contributed by atoms with E-state index in [1.54, 1.807) is 0 Å². The molecule has 4 heteroatoms. The summed E-state index contributed by atoms with van der Waals surface area (Å²) in [6.07, 6.45) is 0. The van der Waals surface area contributed by atoms with Gasteiger partial charge < -0.3 is 11.1 Å². The average molecular weight is 370 g/mol. The molecule has 0 radical (unpaired) electrons. The third kappa shape index (κ3) is 3.34. The summed E-state index contributed by atoms with van der Waals surface area (Å²) in [5.74, 6) is 0. The van der Waals surface area contributed by atoms with Crippen LogP contribution in [-0.2, 0) is 0 Å². The van der Waals surface area contributed by atoms with Gasteiger partial charge in [0, 0.05) is 21.2 Å². The minimum absolute atomic E-state index is 0.0988. The van der Waals surface area contributed by atoms with Crippen LogP contribution in [0.15, 0.2) is 57.5 Å². The molecule has 0 saturated carbocycles. The molecule has 2 rings (SSSR count). The van der Waals surface area contributed by atoms with E-state index >= 15 is 0 Å². The molecular weight excluding hydrogens is 356 g/mol. The van der Waals surface area contributed by atoms with E-state index in [4.69, 9.17) is 5.73 Å². The maximum Gasteiger partial charge on any atom is 0.0647 e. The second-order valence-electron chi connectivity index (χ2n) is 3.96. The maximum absolute atomic E-state index is 5.86. The Morgan fingerprint density at radius 2 is 1.67 bits per heavy atom. The van der Waals surface area contributed by atoms with Crippen molar-refractivity contribution in [3.05, 3.63) is 63.0 Å². The molecule has 18 heavy (non-hydrogen) atoms. The fourth-order valence-electron chi connectivity index (χ4n) is 1.77. The van der Waals surface area contributed by atoms with E-state index in [0.717, 1.165) is 14.6 Å². The van der Waals surface area contributed by atoms with Gasteiger partial charge in [0.2, 0.25) is 0 Å². The lowest BCUT2D eigenvalue weighted by atomic mass is 10.1. The van der Waals surface area contributed by atoms with Gasteiger partial charge in [-0.25, -0.2) is 0 Å². The van der Waals surface area contributed by atoms with Crippen molar-refractivity contribution in [1.82, 2.24) is 0 Å². The van der Waals surface area contributed by atoms with Crippen molar-refractivity contribution in [3.8, 4) is 0 Å². The van der Waals surface area contributed by atoms with Gasteiger partial charge in [-0.2, -0.15) is 0 Å². The topological polar surface area (TPSA) is 38.0 Å². The molecule has 0 aromatic heterocycles. The predicted molar refractivity (Wildman–Crippen MR) is 83.7 cm³/mol. The Bertz CT molecular complexity index is 511. The van der Waals surface area contributed by atoms with Crippen molar-refractivity contribution in [1.29, 1.82) is 0 Å². The Labute approximate surface area is 124 Å². The van der Waals surface area contributed by atoms with Crippen LogP contribution >= 0.6 is 31.9 Å². The van der Waals surface area contributed by atoms with E-state index in [1.165, 1.54) is 5.56 Å². The Morgan fingerprint density at radius 3 is 2.28 bits per heavy atom. The zero-order valence-corrected chi connectivity index (χ0v) is 12.9. The van der Waals surface area contributed by atoms with Gasteiger partial charge in [0.1, 0.15) is 0 Å². The molecule has 0 heterocycles. The third-order valence-electron chi connectivity index (χ3n) is 2.70. The number of halogens is 2. The fraction of sp³-hybridized carbons (Fsp3) is 0.143. The van der Waals surface area contributed by atoms with E-state index in [1.807, 2.05) is 42.5 Å². The quantitative estimate of drug-likeness (QED) is 0.841. The zero-order chi connectivity index (χ0) is 13.0. The maximum atomic E-state index is 5.86. The number of hydrogen-bond acceptors (Lipinski definition) is 2. The zero-order valence-electron chi connectivity index (χ0n) is 9.74. The summed E-state index contributed by atoms with van der Waals surface area (Å²) in [4.78, 5) is 0. The molecule has 0 fully saturated rings. The first-order valence-corrected chi connectivity index (χ1v) is 7.26. The summed E-state index contributed by atoms with van der Waals surface area (Å²) in [6, 6.07) is 16.3. The van der Waals surface area contributed by atoms with Gasteiger partial charge >= 0.3 is 0 Å². The van der Waals surface area contributed by atoms with Crippen molar-refractivity contribution in [2.75, 3.05) is 11.9 Å². The average Bonchev–Trinajstić information content (AvgIpc) is 2.39. The minimum Gasteiger partial charge on any atom is -0.377 e. The summed E-state index contributed by atoms with van der Waals surface area (Å²) in [6.45, 7) is 0.540. The lowest BCUT2D eigenvalue weighted by molar-refractivity contribution is 0.786. The van der Waals surface area contributed by atoms with Crippen LogP contribution in [0.4, 0.5) is 5.69 Å². The highest BCUT2D eigenvalue weighted by atomic mass is 79.9. The predicted octanol–water partition coefficient (Wildman–Crippen LogP) is 4.32. The molecule has 1 atom stereocenters. The first-order valence-electron chi connectivity index (χ1n) is 5.67. The lowest BCUT2D eigenvalue weighted by Gasteiger charge is -2.20. The molecule has 94 valence electrons. The van der Waals surface area contributed by atoms with Crippen molar-refractivity contribution >= 4 is 37.5 Å².